The van der Waals surface area contributed by atoms with E-state index in [1.54, 1.807) is 11.7 Å². The van der Waals surface area contributed by atoms with Crippen molar-refractivity contribution in [3.05, 3.63) is 30.0 Å². The first kappa shape index (κ1) is 13.0. The van der Waals surface area contributed by atoms with Crippen molar-refractivity contribution in [3.8, 4) is 0 Å². The summed E-state index contributed by atoms with van der Waals surface area (Å²) in [6.45, 7) is 0. The monoisotopic (exact) mass is 291 g/mol. The van der Waals surface area contributed by atoms with Crippen molar-refractivity contribution >= 4 is 34.5 Å². The average molecular weight is 291 g/mol. The molecule has 1 aromatic heterocycles. The van der Waals surface area contributed by atoms with Gasteiger partial charge in [0.2, 0.25) is 0 Å². The van der Waals surface area contributed by atoms with Gasteiger partial charge in [0.1, 0.15) is 6.04 Å². The van der Waals surface area contributed by atoms with Gasteiger partial charge in [0.15, 0.2) is 5.69 Å². The maximum absolute atomic E-state index is 12.6. The van der Waals surface area contributed by atoms with Gasteiger partial charge in [-0.15, -0.1) is 11.8 Å². The lowest BCUT2D eigenvalue weighted by molar-refractivity contribution is -0.140. The van der Waals surface area contributed by atoms with Crippen LogP contribution in [0.5, 0.6) is 0 Å². The molecule has 1 saturated heterocycles. The van der Waals surface area contributed by atoms with Crippen LogP contribution in [-0.2, 0) is 11.8 Å². The van der Waals surface area contributed by atoms with E-state index in [0.717, 1.165) is 10.9 Å². The summed E-state index contributed by atoms with van der Waals surface area (Å²) in [6, 6.07) is 6.66. The van der Waals surface area contributed by atoms with Gasteiger partial charge in [-0.05, 0) is 6.07 Å². The zero-order valence-electron chi connectivity index (χ0n) is 10.8. The van der Waals surface area contributed by atoms with E-state index >= 15 is 0 Å². The van der Waals surface area contributed by atoms with Crippen LogP contribution < -0.4 is 0 Å². The van der Waals surface area contributed by atoms with Crippen LogP contribution in [0.3, 0.4) is 0 Å². The fourth-order valence-corrected chi connectivity index (χ4v) is 3.50. The highest BCUT2D eigenvalue weighted by molar-refractivity contribution is 7.99. The number of fused-ring (bicyclic) bond motifs is 1. The van der Waals surface area contributed by atoms with Crippen LogP contribution in [-0.4, -0.2) is 49.3 Å². The second-order valence-electron chi connectivity index (χ2n) is 4.62. The van der Waals surface area contributed by atoms with Gasteiger partial charge in [-0.2, -0.15) is 5.10 Å². The lowest BCUT2D eigenvalue weighted by atomic mass is 10.2. The minimum atomic E-state index is -0.969. The first-order chi connectivity index (χ1) is 9.59. The molecule has 7 heteroatoms. The van der Waals surface area contributed by atoms with Crippen LogP contribution in [0.2, 0.25) is 0 Å². The van der Waals surface area contributed by atoms with E-state index in [4.69, 9.17) is 5.11 Å². The molecule has 1 aliphatic rings. The normalized spacial score (nSPS) is 18.6. The van der Waals surface area contributed by atoms with E-state index in [-0.39, 0.29) is 5.91 Å². The molecule has 2 heterocycles. The molecule has 0 saturated carbocycles. The van der Waals surface area contributed by atoms with Crippen LogP contribution in [0.1, 0.15) is 10.5 Å². The Morgan fingerprint density at radius 1 is 1.40 bits per heavy atom. The number of para-hydroxylation sites is 1. The van der Waals surface area contributed by atoms with E-state index in [0.29, 0.717) is 17.3 Å². The van der Waals surface area contributed by atoms with Crippen LogP contribution in [0.4, 0.5) is 0 Å². The summed E-state index contributed by atoms with van der Waals surface area (Å²) in [5.41, 5.74) is 1.17. The fraction of sp³-hybridized carbons (Fsp3) is 0.308. The topological polar surface area (TPSA) is 75.4 Å². The summed E-state index contributed by atoms with van der Waals surface area (Å²) < 4.78 is 1.64. The van der Waals surface area contributed by atoms with E-state index in [2.05, 4.69) is 5.10 Å². The molecule has 1 aliphatic heterocycles. The molecule has 1 atom stereocenters. The maximum Gasteiger partial charge on any atom is 0.327 e. The van der Waals surface area contributed by atoms with E-state index in [9.17, 15) is 9.59 Å². The Bertz CT molecular complexity index is 697. The number of aliphatic carboxylic acids is 1. The van der Waals surface area contributed by atoms with Crippen molar-refractivity contribution in [2.24, 2.45) is 7.05 Å². The largest absolute Gasteiger partial charge is 0.480 e. The molecule has 3 rings (SSSR count). The number of nitrogens with zero attached hydrogens (tertiary/aromatic N) is 3. The molecule has 104 valence electrons. The Morgan fingerprint density at radius 3 is 2.90 bits per heavy atom. The molecule has 0 spiro atoms. The van der Waals surface area contributed by atoms with E-state index in [1.807, 2.05) is 24.3 Å². The third-order valence-electron chi connectivity index (χ3n) is 3.39. The number of rotatable bonds is 2. The standard InChI is InChI=1S/C13H13N3O3S/c1-15-9-5-3-2-4-8(9)11(14-15)12(17)16-7-20-6-10(16)13(18)19/h2-5,10H,6-7H2,1H3,(H,18,19)/t10-/m0/s1. The number of carboxylic acid groups (broad SMARTS) is 1. The minimum Gasteiger partial charge on any atom is -0.480 e. The molecule has 1 fully saturated rings. The van der Waals surface area contributed by atoms with Gasteiger partial charge >= 0.3 is 5.97 Å². The zero-order valence-corrected chi connectivity index (χ0v) is 11.6. The predicted octanol–water partition coefficient (Wildman–Crippen LogP) is 1.17. The number of aromatic nitrogens is 2. The molecule has 20 heavy (non-hydrogen) atoms. The minimum absolute atomic E-state index is 0.317. The third kappa shape index (κ3) is 1.94. The zero-order chi connectivity index (χ0) is 14.3. The number of thioether (sulfide) groups is 1. The Hall–Kier alpha value is -2.02. The first-order valence-electron chi connectivity index (χ1n) is 6.13. The summed E-state index contributed by atoms with van der Waals surface area (Å²) >= 11 is 1.44. The van der Waals surface area contributed by atoms with Crippen LogP contribution in [0.15, 0.2) is 24.3 Å². The van der Waals surface area contributed by atoms with Gasteiger partial charge < -0.3 is 10.0 Å². The highest BCUT2D eigenvalue weighted by Crippen LogP contribution is 2.26. The summed E-state index contributed by atoms with van der Waals surface area (Å²) in [5.74, 6) is -0.477. The van der Waals surface area contributed by atoms with Gasteiger partial charge in [0.05, 0.1) is 11.4 Å². The van der Waals surface area contributed by atoms with Crippen molar-refractivity contribution < 1.29 is 14.7 Å². The van der Waals surface area contributed by atoms with Crippen LogP contribution >= 0.6 is 11.8 Å². The van der Waals surface area contributed by atoms with Gasteiger partial charge in [-0.1, -0.05) is 18.2 Å². The second-order valence-corrected chi connectivity index (χ2v) is 5.62. The van der Waals surface area contributed by atoms with Crippen molar-refractivity contribution in [2.45, 2.75) is 6.04 Å². The number of hydrogen-bond donors (Lipinski definition) is 1. The number of aryl methyl sites for hydroxylation is 1. The Kier molecular flexibility index (Phi) is 3.13. The lowest BCUT2D eigenvalue weighted by Crippen LogP contribution is -2.42. The Labute approximate surface area is 119 Å². The Balaban J connectivity index is 2.03. The van der Waals surface area contributed by atoms with Gasteiger partial charge in [0, 0.05) is 18.2 Å². The molecular weight excluding hydrogens is 278 g/mol. The summed E-state index contributed by atoms with van der Waals surface area (Å²) in [7, 11) is 1.77. The molecule has 1 aromatic carbocycles. The molecule has 0 radical (unpaired) electrons. The van der Waals surface area contributed by atoms with Gasteiger partial charge in [-0.3, -0.25) is 9.48 Å². The van der Waals surface area contributed by atoms with Crippen LogP contribution in [0.25, 0.3) is 10.9 Å². The number of carboxylic acids is 1. The van der Waals surface area contributed by atoms with Crippen molar-refractivity contribution in [1.29, 1.82) is 0 Å². The number of hydrogen-bond acceptors (Lipinski definition) is 4. The summed E-state index contributed by atoms with van der Waals surface area (Å²) in [6.07, 6.45) is 0. The van der Waals surface area contributed by atoms with E-state index in [1.165, 1.54) is 16.7 Å². The molecule has 1 N–H and O–H groups in total. The molecular formula is C13H13N3O3S. The molecule has 2 aromatic rings. The average Bonchev–Trinajstić information content (AvgIpc) is 3.04. The second kappa shape index (κ2) is 4.82. The summed E-state index contributed by atoms with van der Waals surface area (Å²) in [5, 5.41) is 14.2. The number of carbonyl (C=O) groups is 2. The quantitative estimate of drug-likeness (QED) is 0.899. The summed E-state index contributed by atoms with van der Waals surface area (Å²) in [4.78, 5) is 25.1. The first-order valence-corrected chi connectivity index (χ1v) is 7.28. The van der Waals surface area contributed by atoms with Crippen molar-refractivity contribution in [2.75, 3.05) is 11.6 Å². The molecule has 0 aliphatic carbocycles. The van der Waals surface area contributed by atoms with E-state index < -0.39 is 12.0 Å². The smallest absolute Gasteiger partial charge is 0.327 e. The number of amides is 1. The molecule has 0 unspecified atom stereocenters. The maximum atomic E-state index is 12.6. The highest BCUT2D eigenvalue weighted by Gasteiger charge is 2.36. The van der Waals surface area contributed by atoms with Crippen molar-refractivity contribution in [3.63, 3.8) is 0 Å². The van der Waals surface area contributed by atoms with Gasteiger partial charge in [-0.25, -0.2) is 4.79 Å². The molecule has 6 nitrogen and oxygen atoms in total. The molecule has 1 amide bonds. The fourth-order valence-electron chi connectivity index (χ4n) is 2.36. The van der Waals surface area contributed by atoms with Gasteiger partial charge in [0.25, 0.3) is 5.91 Å². The Morgan fingerprint density at radius 2 is 2.15 bits per heavy atom. The highest BCUT2D eigenvalue weighted by atomic mass is 32.2. The SMILES string of the molecule is Cn1nc(C(=O)N2CSC[C@H]2C(=O)O)c2ccccc21. The van der Waals surface area contributed by atoms with Crippen LogP contribution in [0, 0.1) is 0 Å². The third-order valence-corrected chi connectivity index (χ3v) is 4.40. The predicted molar refractivity (Wildman–Crippen MR) is 75.6 cm³/mol. The number of carbonyl (C=O) groups excluding carboxylic acids is 1. The molecule has 0 bridgehead atoms. The van der Waals surface area contributed by atoms with Crippen molar-refractivity contribution in [1.82, 2.24) is 14.7 Å². The number of benzene rings is 1. The lowest BCUT2D eigenvalue weighted by Gasteiger charge is -2.19.